The molecule has 1 N–H and O–H groups in total. The molecule has 94 valence electrons. The molecule has 0 fully saturated rings. The Bertz CT molecular complexity index is 774. The summed E-state index contributed by atoms with van der Waals surface area (Å²) in [5, 5.41) is 13.2. The van der Waals surface area contributed by atoms with Gasteiger partial charge in [-0.1, -0.05) is 6.07 Å². The zero-order chi connectivity index (χ0) is 13.4. The Kier molecular flexibility index (Phi) is 2.64. The zero-order valence-corrected chi connectivity index (χ0v) is 10.4. The van der Waals surface area contributed by atoms with Crippen LogP contribution in [0.1, 0.15) is 15.2 Å². The topological polar surface area (TPSA) is 76.0 Å². The quantitative estimate of drug-likeness (QED) is 0.451. The molecule has 5 nitrogen and oxygen atoms in total. The van der Waals surface area contributed by atoms with Crippen molar-refractivity contribution in [1.82, 2.24) is 4.98 Å². The summed E-state index contributed by atoms with van der Waals surface area (Å²) in [6, 6.07) is 8.02. The number of carbonyl (C=O) groups excluding carboxylic acids is 1. The monoisotopic (exact) mass is 272 g/mol. The SMILES string of the molecule is O=C(c1cccs1)c1c[nH]c2cc([N+](=O)[O-])ccc12. The summed E-state index contributed by atoms with van der Waals surface area (Å²) in [6.07, 6.45) is 1.59. The van der Waals surface area contributed by atoms with Gasteiger partial charge in [0.2, 0.25) is 5.78 Å². The highest BCUT2D eigenvalue weighted by Crippen LogP contribution is 2.26. The standard InChI is InChI=1S/C13H8N2O3S/c16-13(12-2-1-5-19-12)10-7-14-11-6-8(15(17)18)3-4-9(10)11/h1-7,14H. The molecule has 0 aliphatic carbocycles. The first kappa shape index (κ1) is 11.6. The third-order valence-electron chi connectivity index (χ3n) is 2.87. The number of nitro groups is 1. The van der Waals surface area contributed by atoms with Crippen LogP contribution in [0, 0.1) is 10.1 Å². The number of ketones is 1. The molecule has 0 aliphatic heterocycles. The van der Waals surface area contributed by atoms with Crippen molar-refractivity contribution < 1.29 is 9.72 Å². The van der Waals surface area contributed by atoms with Crippen LogP contribution in [0.3, 0.4) is 0 Å². The first-order valence-electron chi connectivity index (χ1n) is 5.50. The number of carbonyl (C=O) groups is 1. The fourth-order valence-electron chi connectivity index (χ4n) is 1.96. The zero-order valence-electron chi connectivity index (χ0n) is 9.62. The number of rotatable bonds is 3. The number of aromatic amines is 1. The van der Waals surface area contributed by atoms with Gasteiger partial charge in [0.1, 0.15) is 0 Å². The van der Waals surface area contributed by atoms with E-state index < -0.39 is 4.92 Å². The van der Waals surface area contributed by atoms with Crippen LogP contribution in [-0.2, 0) is 0 Å². The van der Waals surface area contributed by atoms with Gasteiger partial charge in [-0.05, 0) is 17.5 Å². The van der Waals surface area contributed by atoms with E-state index in [1.54, 1.807) is 18.3 Å². The number of thiophene rings is 1. The van der Waals surface area contributed by atoms with Crippen molar-refractivity contribution in [2.45, 2.75) is 0 Å². The average molecular weight is 272 g/mol. The number of nitrogens with zero attached hydrogens (tertiary/aromatic N) is 1. The van der Waals surface area contributed by atoms with E-state index >= 15 is 0 Å². The summed E-state index contributed by atoms with van der Waals surface area (Å²) in [5.74, 6) is -0.0740. The molecule has 0 amide bonds. The number of fused-ring (bicyclic) bond motifs is 1. The molecule has 0 radical (unpaired) electrons. The minimum Gasteiger partial charge on any atom is -0.360 e. The van der Waals surface area contributed by atoms with Gasteiger partial charge in [-0.2, -0.15) is 0 Å². The van der Waals surface area contributed by atoms with E-state index in [1.165, 1.54) is 23.5 Å². The lowest BCUT2D eigenvalue weighted by Gasteiger charge is -1.96. The molecule has 0 bridgehead atoms. The molecular formula is C13H8N2O3S. The Morgan fingerprint density at radius 1 is 1.32 bits per heavy atom. The van der Waals surface area contributed by atoms with E-state index in [4.69, 9.17) is 0 Å². The molecule has 0 atom stereocenters. The molecule has 0 aliphatic rings. The third-order valence-corrected chi connectivity index (χ3v) is 3.73. The van der Waals surface area contributed by atoms with Crippen molar-refractivity contribution in [2.75, 3.05) is 0 Å². The Morgan fingerprint density at radius 2 is 2.16 bits per heavy atom. The van der Waals surface area contributed by atoms with Crippen LogP contribution in [0.5, 0.6) is 0 Å². The first-order chi connectivity index (χ1) is 9.16. The summed E-state index contributed by atoms with van der Waals surface area (Å²) >= 11 is 1.37. The fourth-order valence-corrected chi connectivity index (χ4v) is 2.63. The number of hydrogen-bond donors (Lipinski definition) is 1. The molecule has 3 rings (SSSR count). The summed E-state index contributed by atoms with van der Waals surface area (Å²) in [7, 11) is 0. The van der Waals surface area contributed by atoms with Gasteiger partial charge in [-0.3, -0.25) is 14.9 Å². The van der Waals surface area contributed by atoms with Crippen molar-refractivity contribution >= 4 is 33.7 Å². The lowest BCUT2D eigenvalue weighted by Crippen LogP contribution is -1.96. The van der Waals surface area contributed by atoms with Crippen LogP contribution in [0.4, 0.5) is 5.69 Å². The molecule has 0 spiro atoms. The minimum absolute atomic E-state index is 0.00414. The number of nitro benzene ring substituents is 1. The number of benzene rings is 1. The summed E-state index contributed by atoms with van der Waals surface area (Å²) < 4.78 is 0. The number of non-ortho nitro benzene ring substituents is 1. The van der Waals surface area contributed by atoms with Crippen LogP contribution in [0.25, 0.3) is 10.9 Å². The van der Waals surface area contributed by atoms with E-state index in [1.807, 2.05) is 11.4 Å². The van der Waals surface area contributed by atoms with Gasteiger partial charge >= 0.3 is 0 Å². The highest BCUT2D eigenvalue weighted by Gasteiger charge is 2.16. The lowest BCUT2D eigenvalue weighted by atomic mass is 10.1. The Labute approximate surface area is 111 Å². The molecular weight excluding hydrogens is 264 g/mol. The molecule has 0 saturated heterocycles. The Balaban J connectivity index is 2.11. The number of H-pyrrole nitrogens is 1. The van der Waals surface area contributed by atoms with E-state index in [-0.39, 0.29) is 11.5 Å². The average Bonchev–Trinajstić information content (AvgIpc) is 3.06. The number of nitrogens with one attached hydrogen (secondary N) is 1. The summed E-state index contributed by atoms with van der Waals surface area (Å²) in [5.41, 5.74) is 1.13. The predicted octanol–water partition coefficient (Wildman–Crippen LogP) is 3.37. The second-order valence-electron chi connectivity index (χ2n) is 4.00. The Morgan fingerprint density at radius 3 is 2.84 bits per heavy atom. The highest BCUT2D eigenvalue weighted by molar-refractivity contribution is 7.12. The second-order valence-corrected chi connectivity index (χ2v) is 4.94. The van der Waals surface area contributed by atoms with Crippen LogP contribution in [0.2, 0.25) is 0 Å². The maximum Gasteiger partial charge on any atom is 0.271 e. The largest absolute Gasteiger partial charge is 0.360 e. The van der Waals surface area contributed by atoms with Gasteiger partial charge in [0.15, 0.2) is 0 Å². The van der Waals surface area contributed by atoms with Gasteiger partial charge in [-0.25, -0.2) is 0 Å². The van der Waals surface area contributed by atoms with Gasteiger partial charge in [-0.15, -0.1) is 11.3 Å². The van der Waals surface area contributed by atoms with E-state index in [0.717, 1.165) is 0 Å². The van der Waals surface area contributed by atoms with Gasteiger partial charge in [0.05, 0.1) is 15.3 Å². The molecule has 0 saturated carbocycles. The van der Waals surface area contributed by atoms with Crippen LogP contribution < -0.4 is 0 Å². The minimum atomic E-state index is -0.457. The number of hydrogen-bond acceptors (Lipinski definition) is 4. The second kappa shape index (κ2) is 4.33. The van der Waals surface area contributed by atoms with Gasteiger partial charge < -0.3 is 4.98 Å². The highest BCUT2D eigenvalue weighted by atomic mass is 32.1. The Hall–Kier alpha value is -2.47. The van der Waals surface area contributed by atoms with E-state index in [2.05, 4.69) is 4.98 Å². The molecule has 1 aromatic carbocycles. The number of aromatic nitrogens is 1. The molecule has 0 unspecified atom stereocenters. The van der Waals surface area contributed by atoms with Crippen molar-refractivity contribution in [1.29, 1.82) is 0 Å². The van der Waals surface area contributed by atoms with E-state index in [0.29, 0.717) is 21.3 Å². The summed E-state index contributed by atoms with van der Waals surface area (Å²) in [6.45, 7) is 0. The van der Waals surface area contributed by atoms with Crippen LogP contribution in [0.15, 0.2) is 41.9 Å². The molecule has 3 aromatic rings. The van der Waals surface area contributed by atoms with Gasteiger partial charge in [0.25, 0.3) is 5.69 Å². The van der Waals surface area contributed by atoms with Crippen LogP contribution in [-0.4, -0.2) is 15.7 Å². The molecule has 2 aromatic heterocycles. The first-order valence-corrected chi connectivity index (χ1v) is 6.38. The molecule has 19 heavy (non-hydrogen) atoms. The van der Waals surface area contributed by atoms with Crippen molar-refractivity contribution in [3.8, 4) is 0 Å². The normalized spacial score (nSPS) is 10.7. The fraction of sp³-hybridized carbons (Fsp3) is 0. The third kappa shape index (κ3) is 1.92. The molecule has 2 heterocycles. The van der Waals surface area contributed by atoms with Gasteiger partial charge in [0, 0.05) is 29.3 Å². The van der Waals surface area contributed by atoms with E-state index in [9.17, 15) is 14.9 Å². The maximum atomic E-state index is 12.3. The molecule has 6 heteroatoms. The predicted molar refractivity (Wildman–Crippen MR) is 72.7 cm³/mol. The van der Waals surface area contributed by atoms with Crippen molar-refractivity contribution in [3.05, 3.63) is 62.5 Å². The summed E-state index contributed by atoms with van der Waals surface area (Å²) in [4.78, 5) is 26.1. The van der Waals surface area contributed by atoms with Crippen molar-refractivity contribution in [3.63, 3.8) is 0 Å². The van der Waals surface area contributed by atoms with Crippen LogP contribution >= 0.6 is 11.3 Å². The maximum absolute atomic E-state index is 12.3. The van der Waals surface area contributed by atoms with Crippen molar-refractivity contribution in [2.24, 2.45) is 0 Å². The smallest absolute Gasteiger partial charge is 0.271 e. The lowest BCUT2D eigenvalue weighted by molar-refractivity contribution is -0.384.